The van der Waals surface area contributed by atoms with Crippen LogP contribution in [0.5, 0.6) is 0 Å². The van der Waals surface area contributed by atoms with Crippen LogP contribution in [0.4, 0.5) is 4.79 Å². The van der Waals surface area contributed by atoms with Crippen molar-refractivity contribution in [1.29, 1.82) is 0 Å². The summed E-state index contributed by atoms with van der Waals surface area (Å²) in [6.45, 7) is 14.9. The van der Waals surface area contributed by atoms with E-state index in [0.29, 0.717) is 32.0 Å². The molecule has 1 saturated heterocycles. The van der Waals surface area contributed by atoms with E-state index in [9.17, 15) is 9.59 Å². The first kappa shape index (κ1) is 19.7. The fourth-order valence-electron chi connectivity index (χ4n) is 2.54. The number of nitrogens with zero attached hydrogens (tertiary/aromatic N) is 2. The topological polar surface area (TPSA) is 61.9 Å². The van der Waals surface area contributed by atoms with E-state index >= 15 is 0 Å². The van der Waals surface area contributed by atoms with E-state index < -0.39 is 5.60 Å². The minimum atomic E-state index is -0.451. The van der Waals surface area contributed by atoms with Gasteiger partial charge in [0.05, 0.1) is 0 Å². The average molecular weight is 327 g/mol. The van der Waals surface area contributed by atoms with Crippen LogP contribution in [-0.4, -0.2) is 66.7 Å². The number of likely N-dealkylation sites (tertiary alicyclic amines) is 1. The Hall–Kier alpha value is -1.30. The number of rotatable bonds is 8. The molecule has 0 spiro atoms. The van der Waals surface area contributed by atoms with Crippen molar-refractivity contribution >= 4 is 12.0 Å². The fraction of sp³-hybridized carbons (Fsp3) is 0.882. The van der Waals surface area contributed by atoms with Crippen LogP contribution < -0.4 is 5.32 Å². The molecular weight excluding hydrogens is 294 g/mol. The van der Waals surface area contributed by atoms with Crippen molar-refractivity contribution in [1.82, 2.24) is 15.1 Å². The Bertz CT molecular complexity index is 383. The van der Waals surface area contributed by atoms with E-state index in [2.05, 4.69) is 24.1 Å². The lowest BCUT2D eigenvalue weighted by molar-refractivity contribution is -0.121. The molecule has 1 fully saturated rings. The summed E-state index contributed by atoms with van der Waals surface area (Å²) in [5.74, 6) is 0.518. The highest BCUT2D eigenvalue weighted by Crippen LogP contribution is 2.22. The molecule has 6 nitrogen and oxygen atoms in total. The Kier molecular flexibility index (Phi) is 7.82. The van der Waals surface area contributed by atoms with Crippen molar-refractivity contribution in [3.05, 3.63) is 0 Å². The summed E-state index contributed by atoms with van der Waals surface area (Å²) in [6, 6.07) is 0. The van der Waals surface area contributed by atoms with Gasteiger partial charge in [0.25, 0.3) is 0 Å². The van der Waals surface area contributed by atoms with Crippen molar-refractivity contribution < 1.29 is 14.3 Å². The molecule has 0 atom stereocenters. The molecule has 1 aliphatic rings. The molecular formula is C17H33N3O3. The second kappa shape index (κ2) is 9.11. The lowest BCUT2D eigenvalue weighted by Crippen LogP contribution is -2.51. The maximum absolute atomic E-state index is 11.8. The Morgan fingerprint density at radius 2 is 1.83 bits per heavy atom. The number of hydrogen-bond acceptors (Lipinski definition) is 4. The Morgan fingerprint density at radius 3 is 2.35 bits per heavy atom. The molecule has 1 heterocycles. The number of carbonyl (C=O) groups is 2. The summed E-state index contributed by atoms with van der Waals surface area (Å²) in [7, 11) is 0. The number of likely N-dealkylation sites (N-methyl/N-ethyl adjacent to an activating group) is 1. The van der Waals surface area contributed by atoms with Gasteiger partial charge in [-0.3, -0.25) is 4.79 Å². The monoisotopic (exact) mass is 327 g/mol. The summed E-state index contributed by atoms with van der Waals surface area (Å²) in [4.78, 5) is 27.6. The fourth-order valence-corrected chi connectivity index (χ4v) is 2.54. The maximum atomic E-state index is 11.8. The van der Waals surface area contributed by atoms with Gasteiger partial charge in [-0.25, -0.2) is 4.79 Å². The van der Waals surface area contributed by atoms with E-state index in [0.717, 1.165) is 26.1 Å². The molecule has 0 saturated carbocycles. The molecule has 0 unspecified atom stereocenters. The molecule has 1 rings (SSSR count). The summed E-state index contributed by atoms with van der Waals surface area (Å²) in [5, 5.41) is 2.96. The minimum Gasteiger partial charge on any atom is -0.444 e. The Balaban J connectivity index is 2.09. The van der Waals surface area contributed by atoms with Crippen LogP contribution in [0.1, 0.15) is 47.5 Å². The second-order valence-electron chi connectivity index (χ2n) is 7.17. The van der Waals surface area contributed by atoms with Gasteiger partial charge in [0.2, 0.25) is 5.91 Å². The van der Waals surface area contributed by atoms with Crippen LogP contribution in [0, 0.1) is 5.92 Å². The summed E-state index contributed by atoms with van der Waals surface area (Å²) >= 11 is 0. The third-order valence-electron chi connectivity index (χ3n) is 4.03. The second-order valence-corrected chi connectivity index (χ2v) is 7.17. The van der Waals surface area contributed by atoms with E-state index in [1.54, 1.807) is 4.90 Å². The highest BCUT2D eigenvalue weighted by molar-refractivity contribution is 5.76. The standard InChI is InChI=1S/C17H33N3O3/c1-6-19(7-2)11-10-18-15(21)9-8-14-12-20(13-14)16(22)23-17(3,4)5/h14H,6-13H2,1-5H3,(H,18,21). The van der Waals surface area contributed by atoms with Gasteiger partial charge in [-0.2, -0.15) is 0 Å². The van der Waals surface area contributed by atoms with Crippen molar-refractivity contribution in [2.24, 2.45) is 5.92 Å². The third kappa shape index (κ3) is 7.68. The summed E-state index contributed by atoms with van der Waals surface area (Å²) in [5.41, 5.74) is -0.451. The van der Waals surface area contributed by atoms with Crippen LogP contribution in [-0.2, 0) is 9.53 Å². The molecule has 1 N–H and O–H groups in total. The molecule has 23 heavy (non-hydrogen) atoms. The molecule has 0 aromatic heterocycles. The summed E-state index contributed by atoms with van der Waals surface area (Å²) in [6.07, 6.45) is 1.11. The quantitative estimate of drug-likeness (QED) is 0.741. The van der Waals surface area contributed by atoms with Crippen LogP contribution in [0.15, 0.2) is 0 Å². The molecule has 6 heteroatoms. The summed E-state index contributed by atoms with van der Waals surface area (Å²) < 4.78 is 5.32. The molecule has 1 aliphatic heterocycles. The third-order valence-corrected chi connectivity index (χ3v) is 4.03. The SMILES string of the molecule is CCN(CC)CCNC(=O)CCC1CN(C(=O)OC(C)(C)C)C1. The van der Waals surface area contributed by atoms with Crippen LogP contribution >= 0.6 is 0 Å². The van der Waals surface area contributed by atoms with Gasteiger partial charge in [0.15, 0.2) is 0 Å². The van der Waals surface area contributed by atoms with Crippen LogP contribution in [0.3, 0.4) is 0 Å². The van der Waals surface area contributed by atoms with E-state index in [1.165, 1.54) is 0 Å². The van der Waals surface area contributed by atoms with Crippen LogP contribution in [0.25, 0.3) is 0 Å². The minimum absolute atomic E-state index is 0.105. The molecule has 0 bridgehead atoms. The van der Waals surface area contributed by atoms with Gasteiger partial charge in [-0.15, -0.1) is 0 Å². The Morgan fingerprint density at radius 1 is 1.22 bits per heavy atom. The highest BCUT2D eigenvalue weighted by Gasteiger charge is 2.33. The molecule has 0 aromatic rings. The van der Waals surface area contributed by atoms with Crippen molar-refractivity contribution in [3.63, 3.8) is 0 Å². The first-order valence-corrected chi connectivity index (χ1v) is 8.72. The van der Waals surface area contributed by atoms with Crippen LogP contribution in [0.2, 0.25) is 0 Å². The van der Waals surface area contributed by atoms with Gasteiger partial charge in [0, 0.05) is 32.6 Å². The lowest BCUT2D eigenvalue weighted by Gasteiger charge is -2.39. The largest absolute Gasteiger partial charge is 0.444 e. The number of hydrogen-bond donors (Lipinski definition) is 1. The highest BCUT2D eigenvalue weighted by atomic mass is 16.6. The van der Waals surface area contributed by atoms with Gasteiger partial charge in [0.1, 0.15) is 5.60 Å². The van der Waals surface area contributed by atoms with Gasteiger partial charge < -0.3 is 19.9 Å². The molecule has 0 aromatic carbocycles. The molecule has 0 radical (unpaired) electrons. The van der Waals surface area contributed by atoms with Gasteiger partial charge >= 0.3 is 6.09 Å². The molecule has 2 amide bonds. The number of carbonyl (C=O) groups excluding carboxylic acids is 2. The Labute approximate surface area is 140 Å². The van der Waals surface area contributed by atoms with Crippen molar-refractivity contribution in [3.8, 4) is 0 Å². The smallest absolute Gasteiger partial charge is 0.410 e. The van der Waals surface area contributed by atoms with Crippen molar-refractivity contribution in [2.45, 2.75) is 53.1 Å². The zero-order valence-corrected chi connectivity index (χ0v) is 15.4. The predicted octanol–water partition coefficient (Wildman–Crippen LogP) is 2.09. The van der Waals surface area contributed by atoms with E-state index in [4.69, 9.17) is 4.74 Å². The van der Waals surface area contributed by atoms with Gasteiger partial charge in [-0.05, 0) is 46.2 Å². The normalized spacial score (nSPS) is 15.5. The van der Waals surface area contributed by atoms with E-state index in [1.807, 2.05) is 20.8 Å². The first-order chi connectivity index (χ1) is 10.7. The van der Waals surface area contributed by atoms with E-state index in [-0.39, 0.29) is 12.0 Å². The number of nitrogens with one attached hydrogen (secondary N) is 1. The lowest BCUT2D eigenvalue weighted by atomic mass is 9.95. The maximum Gasteiger partial charge on any atom is 0.410 e. The predicted molar refractivity (Wildman–Crippen MR) is 91.3 cm³/mol. The molecule has 0 aliphatic carbocycles. The number of ether oxygens (including phenoxy) is 1. The zero-order valence-electron chi connectivity index (χ0n) is 15.4. The molecule has 134 valence electrons. The average Bonchev–Trinajstić information content (AvgIpc) is 2.39. The first-order valence-electron chi connectivity index (χ1n) is 8.72. The number of amides is 2. The van der Waals surface area contributed by atoms with Gasteiger partial charge in [-0.1, -0.05) is 13.8 Å². The van der Waals surface area contributed by atoms with Crippen molar-refractivity contribution in [2.75, 3.05) is 39.3 Å². The zero-order chi connectivity index (χ0) is 17.5.